The average Bonchev–Trinajstić information content (AvgIpc) is 2.25. The molecule has 2 nitrogen and oxygen atoms in total. The predicted octanol–water partition coefficient (Wildman–Crippen LogP) is 2.12. The van der Waals surface area contributed by atoms with Crippen LogP contribution in [0.15, 0.2) is 54.9 Å². The maximum Gasteiger partial charge on any atom is 0.0571 e. The molecule has 1 aliphatic rings. The largest absolute Gasteiger partial charge is 0.382 e. The van der Waals surface area contributed by atoms with Gasteiger partial charge in [-0.25, -0.2) is 0 Å². The second-order valence-corrected chi connectivity index (χ2v) is 3.86. The molecule has 1 aromatic rings. The lowest BCUT2D eigenvalue weighted by molar-refractivity contribution is 0.325. The van der Waals surface area contributed by atoms with Crippen LogP contribution in [-0.2, 0) is 6.54 Å². The van der Waals surface area contributed by atoms with Crippen molar-refractivity contribution in [2.24, 2.45) is 0 Å². The molecule has 1 saturated heterocycles. The third kappa shape index (κ3) is 2.40. The minimum absolute atomic E-state index is 0.811. The van der Waals surface area contributed by atoms with E-state index in [0.29, 0.717) is 0 Å². The van der Waals surface area contributed by atoms with Gasteiger partial charge in [-0.3, -0.25) is 0 Å². The summed E-state index contributed by atoms with van der Waals surface area (Å²) >= 11 is 0. The quantitative estimate of drug-likeness (QED) is 0.786. The fraction of sp³-hybridized carbons (Fsp3) is 0.231. The van der Waals surface area contributed by atoms with E-state index in [1.807, 2.05) is 6.07 Å². The van der Waals surface area contributed by atoms with E-state index >= 15 is 0 Å². The minimum atomic E-state index is 0.811. The normalized spacial score (nSPS) is 16.4. The molecule has 78 valence electrons. The van der Waals surface area contributed by atoms with Crippen LogP contribution >= 0.6 is 0 Å². The molecular formula is C13H16N2. The zero-order valence-electron chi connectivity index (χ0n) is 8.87. The highest BCUT2D eigenvalue weighted by atomic mass is 15.2. The van der Waals surface area contributed by atoms with Gasteiger partial charge in [0, 0.05) is 17.9 Å². The van der Waals surface area contributed by atoms with Crippen molar-refractivity contribution in [3.05, 3.63) is 60.4 Å². The maximum absolute atomic E-state index is 4.05. The monoisotopic (exact) mass is 200 g/mol. The summed E-state index contributed by atoms with van der Waals surface area (Å²) in [5, 5.41) is 3.21. The molecule has 1 aliphatic heterocycles. The molecule has 0 bridgehead atoms. The Balaban J connectivity index is 2.05. The van der Waals surface area contributed by atoms with Gasteiger partial charge in [-0.05, 0) is 5.56 Å². The van der Waals surface area contributed by atoms with Crippen molar-refractivity contribution in [1.82, 2.24) is 10.2 Å². The summed E-state index contributed by atoms with van der Waals surface area (Å²) in [5.41, 5.74) is 3.51. The third-order valence-corrected chi connectivity index (χ3v) is 2.59. The maximum atomic E-state index is 4.05. The van der Waals surface area contributed by atoms with Crippen molar-refractivity contribution in [3.63, 3.8) is 0 Å². The first kappa shape index (κ1) is 9.84. The van der Waals surface area contributed by atoms with Crippen LogP contribution in [0.2, 0.25) is 0 Å². The molecule has 2 heteroatoms. The van der Waals surface area contributed by atoms with Gasteiger partial charge in [0.25, 0.3) is 0 Å². The summed E-state index contributed by atoms with van der Waals surface area (Å²) in [4.78, 5) is 2.26. The SMILES string of the molecule is C=C1CN(Cc2ccccc2)C(=C)CN1. The highest BCUT2D eigenvalue weighted by Gasteiger charge is 2.14. The minimum Gasteiger partial charge on any atom is -0.382 e. The number of nitrogens with one attached hydrogen (secondary N) is 1. The van der Waals surface area contributed by atoms with E-state index < -0.39 is 0 Å². The number of piperazine rings is 1. The van der Waals surface area contributed by atoms with Crippen LogP contribution in [0.1, 0.15) is 5.56 Å². The number of hydrogen-bond acceptors (Lipinski definition) is 2. The number of benzene rings is 1. The first-order chi connectivity index (χ1) is 7.25. The predicted molar refractivity (Wildman–Crippen MR) is 63.1 cm³/mol. The summed E-state index contributed by atoms with van der Waals surface area (Å²) in [7, 11) is 0. The van der Waals surface area contributed by atoms with Gasteiger partial charge < -0.3 is 10.2 Å². The molecule has 0 radical (unpaired) electrons. The molecule has 15 heavy (non-hydrogen) atoms. The van der Waals surface area contributed by atoms with Crippen LogP contribution in [0.3, 0.4) is 0 Å². The van der Waals surface area contributed by atoms with Crippen molar-refractivity contribution in [3.8, 4) is 0 Å². The lowest BCUT2D eigenvalue weighted by atomic mass is 10.2. The van der Waals surface area contributed by atoms with Crippen molar-refractivity contribution in [2.45, 2.75) is 6.54 Å². The van der Waals surface area contributed by atoms with Crippen LogP contribution in [0, 0.1) is 0 Å². The topological polar surface area (TPSA) is 15.3 Å². The fourth-order valence-electron chi connectivity index (χ4n) is 1.71. The molecule has 0 spiro atoms. The highest BCUT2D eigenvalue weighted by molar-refractivity contribution is 5.18. The van der Waals surface area contributed by atoms with Crippen LogP contribution in [0.4, 0.5) is 0 Å². The molecule has 0 aromatic heterocycles. The van der Waals surface area contributed by atoms with Gasteiger partial charge >= 0.3 is 0 Å². The van der Waals surface area contributed by atoms with Crippen LogP contribution < -0.4 is 5.32 Å². The Labute approximate surface area is 90.9 Å². The zero-order chi connectivity index (χ0) is 10.7. The standard InChI is InChI=1S/C13H16N2/c1-11-9-15(12(2)8-14-11)10-13-6-4-3-5-7-13/h3-7,14H,1-2,8-10H2. The first-order valence-corrected chi connectivity index (χ1v) is 5.14. The van der Waals surface area contributed by atoms with Crippen LogP contribution in [-0.4, -0.2) is 18.0 Å². The van der Waals surface area contributed by atoms with Gasteiger partial charge in [0.15, 0.2) is 0 Å². The van der Waals surface area contributed by atoms with Crippen molar-refractivity contribution >= 4 is 0 Å². The van der Waals surface area contributed by atoms with E-state index in [4.69, 9.17) is 0 Å². The third-order valence-electron chi connectivity index (χ3n) is 2.59. The lowest BCUT2D eigenvalue weighted by Gasteiger charge is -2.33. The number of nitrogens with zero attached hydrogens (tertiary/aromatic N) is 1. The van der Waals surface area contributed by atoms with E-state index in [1.54, 1.807) is 0 Å². The van der Waals surface area contributed by atoms with Gasteiger partial charge in [-0.2, -0.15) is 0 Å². The van der Waals surface area contributed by atoms with Crippen LogP contribution in [0.5, 0.6) is 0 Å². The second kappa shape index (κ2) is 4.22. The summed E-state index contributed by atoms with van der Waals surface area (Å²) in [6, 6.07) is 10.4. The Hall–Kier alpha value is -1.70. The van der Waals surface area contributed by atoms with E-state index in [2.05, 4.69) is 47.6 Å². The Kier molecular flexibility index (Phi) is 2.77. The molecule has 1 N–H and O–H groups in total. The Morgan fingerprint density at radius 2 is 1.93 bits per heavy atom. The molecule has 0 unspecified atom stereocenters. The first-order valence-electron chi connectivity index (χ1n) is 5.14. The second-order valence-electron chi connectivity index (χ2n) is 3.86. The Morgan fingerprint density at radius 1 is 1.20 bits per heavy atom. The average molecular weight is 200 g/mol. The van der Waals surface area contributed by atoms with Gasteiger partial charge in [0.05, 0.1) is 13.1 Å². The van der Waals surface area contributed by atoms with Gasteiger partial charge in [0.1, 0.15) is 0 Å². The summed E-state index contributed by atoms with van der Waals surface area (Å²) in [5.74, 6) is 0. The summed E-state index contributed by atoms with van der Waals surface area (Å²) in [6.45, 7) is 10.6. The smallest absolute Gasteiger partial charge is 0.0571 e. The molecule has 0 amide bonds. The molecular weight excluding hydrogens is 184 g/mol. The van der Waals surface area contributed by atoms with Crippen molar-refractivity contribution in [1.29, 1.82) is 0 Å². The highest BCUT2D eigenvalue weighted by Crippen LogP contribution is 2.14. The van der Waals surface area contributed by atoms with Crippen molar-refractivity contribution in [2.75, 3.05) is 13.1 Å². The van der Waals surface area contributed by atoms with E-state index in [-0.39, 0.29) is 0 Å². The van der Waals surface area contributed by atoms with E-state index in [1.165, 1.54) is 5.56 Å². The van der Waals surface area contributed by atoms with Gasteiger partial charge in [-0.15, -0.1) is 0 Å². The molecule has 0 aliphatic carbocycles. The number of rotatable bonds is 2. The van der Waals surface area contributed by atoms with Gasteiger partial charge in [0.2, 0.25) is 0 Å². The lowest BCUT2D eigenvalue weighted by Crippen LogP contribution is -2.38. The van der Waals surface area contributed by atoms with Crippen molar-refractivity contribution < 1.29 is 0 Å². The Bertz CT molecular complexity index is 367. The van der Waals surface area contributed by atoms with E-state index in [0.717, 1.165) is 31.0 Å². The molecule has 1 aromatic carbocycles. The fourth-order valence-corrected chi connectivity index (χ4v) is 1.71. The summed E-state index contributed by atoms with van der Waals surface area (Å²) in [6.07, 6.45) is 0. The van der Waals surface area contributed by atoms with E-state index in [9.17, 15) is 0 Å². The Morgan fingerprint density at radius 3 is 2.67 bits per heavy atom. The molecule has 1 fully saturated rings. The zero-order valence-corrected chi connectivity index (χ0v) is 8.87. The summed E-state index contributed by atoms with van der Waals surface area (Å²) < 4.78 is 0. The molecule has 0 atom stereocenters. The van der Waals surface area contributed by atoms with Crippen LogP contribution in [0.25, 0.3) is 0 Å². The molecule has 0 saturated carbocycles. The van der Waals surface area contributed by atoms with Gasteiger partial charge in [-0.1, -0.05) is 43.5 Å². The molecule has 2 rings (SSSR count). The molecule has 1 heterocycles. The number of hydrogen-bond donors (Lipinski definition) is 1.